The fourth-order valence-corrected chi connectivity index (χ4v) is 8.15. The Balaban J connectivity index is 0.825. The third-order valence-corrected chi connectivity index (χ3v) is 11.4. The zero-order chi connectivity index (χ0) is 40.1. The highest BCUT2D eigenvalue weighted by atomic mass is 16.5. The van der Waals surface area contributed by atoms with Crippen LogP contribution in [0.15, 0.2) is 53.6 Å². The molecule has 0 spiro atoms. The van der Waals surface area contributed by atoms with E-state index in [0.29, 0.717) is 80.2 Å². The summed E-state index contributed by atoms with van der Waals surface area (Å²) in [6.07, 6.45) is 7.54. The van der Waals surface area contributed by atoms with Crippen molar-refractivity contribution in [2.45, 2.75) is 63.1 Å². The lowest BCUT2D eigenvalue weighted by molar-refractivity contribution is -0.135. The van der Waals surface area contributed by atoms with Crippen LogP contribution in [0, 0.1) is 0 Å². The number of carbonyl (C=O) groups excluding carboxylic acids is 4. The first kappa shape index (κ1) is 39.5. The van der Waals surface area contributed by atoms with E-state index in [1.54, 1.807) is 33.7 Å². The predicted octanol–water partition coefficient (Wildman–Crippen LogP) is 2.24. The van der Waals surface area contributed by atoms with Gasteiger partial charge < -0.3 is 34.9 Å². The van der Waals surface area contributed by atoms with Crippen molar-refractivity contribution >= 4 is 40.2 Å². The van der Waals surface area contributed by atoms with Gasteiger partial charge in [-0.15, -0.1) is 0 Å². The highest BCUT2D eigenvalue weighted by Crippen LogP contribution is 2.37. The van der Waals surface area contributed by atoms with E-state index in [0.717, 1.165) is 48.3 Å². The summed E-state index contributed by atoms with van der Waals surface area (Å²) < 4.78 is 13.0. The third kappa shape index (κ3) is 9.13. The second kappa shape index (κ2) is 17.6. The summed E-state index contributed by atoms with van der Waals surface area (Å²) in [5.41, 5.74) is 4.71. The molecule has 0 bridgehead atoms. The van der Waals surface area contributed by atoms with Crippen molar-refractivity contribution in [2.24, 2.45) is 7.05 Å². The molecule has 57 heavy (non-hydrogen) atoms. The van der Waals surface area contributed by atoms with Gasteiger partial charge in [0, 0.05) is 67.5 Å². The molecule has 16 nitrogen and oxygen atoms in total. The van der Waals surface area contributed by atoms with Crippen LogP contribution in [-0.4, -0.2) is 114 Å². The van der Waals surface area contributed by atoms with E-state index in [9.17, 15) is 24.0 Å². The van der Waals surface area contributed by atoms with E-state index in [-0.39, 0.29) is 41.8 Å². The Morgan fingerprint density at radius 1 is 0.930 bits per heavy atom. The molecule has 3 aliphatic heterocycles. The molecule has 3 aliphatic rings. The minimum atomic E-state index is -0.406. The van der Waals surface area contributed by atoms with Crippen LogP contribution >= 0.6 is 0 Å². The zero-order valence-corrected chi connectivity index (χ0v) is 32.7. The number of pyridine rings is 1. The van der Waals surface area contributed by atoms with Gasteiger partial charge in [-0.25, -0.2) is 0 Å². The average Bonchev–Trinajstić information content (AvgIpc) is 3.72. The van der Waals surface area contributed by atoms with Crippen LogP contribution in [0.3, 0.4) is 0 Å². The monoisotopic (exact) mass is 781 g/mol. The fourth-order valence-electron chi connectivity index (χ4n) is 8.15. The molecule has 0 saturated carbocycles. The number of methoxy groups -OCH3 is 2. The topological polar surface area (TPSA) is 192 Å². The minimum absolute atomic E-state index is 0.00495. The maximum atomic E-state index is 13.2. The van der Waals surface area contributed by atoms with Crippen LogP contribution < -0.4 is 36.3 Å². The van der Waals surface area contributed by atoms with E-state index in [1.807, 2.05) is 29.2 Å². The molecule has 3 saturated heterocycles. The van der Waals surface area contributed by atoms with E-state index in [2.05, 4.69) is 48.5 Å². The highest BCUT2D eigenvalue weighted by Gasteiger charge is 2.29. The second-order valence-electron chi connectivity index (χ2n) is 15.1. The quantitative estimate of drug-likeness (QED) is 0.125. The van der Waals surface area contributed by atoms with Gasteiger partial charge in [0.15, 0.2) is 0 Å². The van der Waals surface area contributed by atoms with Crippen LogP contribution in [0.5, 0.6) is 11.5 Å². The van der Waals surface area contributed by atoms with E-state index >= 15 is 0 Å². The Hall–Kier alpha value is -5.74. The summed E-state index contributed by atoms with van der Waals surface area (Å²) in [4.78, 5) is 66.4. The SMILES string of the molecule is COc1cc(-c2cn(C)c(=O)c3[nH]ncc23)cc(OC)c1CNCC(=O)NC1CCN(C(=O)CN2CCC(c3ccc(NC4CCC(=O)NC4=O)cc3)CC2)CC1. The number of nitrogens with one attached hydrogen (secondary N) is 5. The van der Waals surface area contributed by atoms with Crippen molar-refractivity contribution in [2.75, 3.05) is 58.8 Å². The number of aromatic amines is 1. The standard InChI is InChI=1S/C41H51N9O7/c1-48-23-32(30-21-43-47-39(30)41(48)55)27-18-34(56-2)31(35(19-27)57-3)20-42-22-37(52)45-29-12-16-50(17-13-29)38(53)24-49-14-10-26(11-15-49)25-4-6-28(7-5-25)44-33-8-9-36(51)46-40(33)54/h4-7,18-19,21,23,26,29,33,42,44H,8-17,20,22,24H2,1-3H3,(H,43,47)(H,45,52)(H,46,51,54). The van der Waals surface area contributed by atoms with Gasteiger partial charge in [0.2, 0.25) is 23.6 Å². The van der Waals surface area contributed by atoms with Crippen molar-refractivity contribution < 1.29 is 28.7 Å². The molecule has 5 N–H and O–H groups in total. The molecule has 2 aromatic heterocycles. The lowest BCUT2D eigenvalue weighted by Crippen LogP contribution is -2.50. The Morgan fingerprint density at radius 3 is 2.30 bits per heavy atom. The molecule has 1 unspecified atom stereocenters. The number of rotatable bonds is 13. The highest BCUT2D eigenvalue weighted by molar-refractivity contribution is 6.01. The Kier molecular flexibility index (Phi) is 12.2. The molecule has 1 atom stereocenters. The van der Waals surface area contributed by atoms with E-state index in [1.165, 1.54) is 10.1 Å². The third-order valence-electron chi connectivity index (χ3n) is 11.4. The number of ether oxygens (including phenoxy) is 2. The number of amides is 4. The summed E-state index contributed by atoms with van der Waals surface area (Å²) in [6, 6.07) is 11.5. The fraction of sp³-hybridized carbons (Fsp3) is 0.463. The van der Waals surface area contributed by atoms with E-state index in [4.69, 9.17) is 9.47 Å². The van der Waals surface area contributed by atoms with Gasteiger partial charge in [-0.2, -0.15) is 5.10 Å². The predicted molar refractivity (Wildman–Crippen MR) is 214 cm³/mol. The second-order valence-corrected chi connectivity index (χ2v) is 15.1. The molecule has 3 fully saturated rings. The number of aryl methyl sites for hydroxylation is 1. The van der Waals surface area contributed by atoms with Crippen molar-refractivity contribution in [1.82, 2.24) is 40.5 Å². The number of hydrogen-bond donors (Lipinski definition) is 5. The van der Waals surface area contributed by atoms with Crippen LogP contribution in [-0.2, 0) is 32.8 Å². The number of likely N-dealkylation sites (tertiary alicyclic amines) is 2. The first-order valence-corrected chi connectivity index (χ1v) is 19.6. The summed E-state index contributed by atoms with van der Waals surface area (Å²) in [7, 11) is 4.85. The lowest BCUT2D eigenvalue weighted by atomic mass is 9.89. The number of piperidine rings is 3. The van der Waals surface area contributed by atoms with Crippen LogP contribution in [0.1, 0.15) is 55.6 Å². The van der Waals surface area contributed by atoms with Gasteiger partial charge in [-0.05, 0) is 86.5 Å². The molecular weight excluding hydrogens is 731 g/mol. The van der Waals surface area contributed by atoms with Gasteiger partial charge in [0.25, 0.3) is 5.56 Å². The van der Waals surface area contributed by atoms with Crippen molar-refractivity contribution in [3.63, 3.8) is 0 Å². The zero-order valence-electron chi connectivity index (χ0n) is 32.7. The first-order chi connectivity index (χ1) is 27.6. The molecule has 0 aliphatic carbocycles. The summed E-state index contributed by atoms with van der Waals surface area (Å²) in [5, 5.41) is 19.5. The molecule has 7 rings (SSSR count). The number of H-pyrrole nitrogens is 1. The molecular formula is C41H51N9O7. The normalized spacial score (nSPS) is 18.4. The van der Waals surface area contributed by atoms with Crippen molar-refractivity contribution in [1.29, 1.82) is 0 Å². The summed E-state index contributed by atoms with van der Waals surface area (Å²) >= 11 is 0. The number of benzene rings is 2. The number of anilines is 1. The first-order valence-electron chi connectivity index (χ1n) is 19.6. The Bertz CT molecular complexity index is 2140. The van der Waals surface area contributed by atoms with Crippen LogP contribution in [0.4, 0.5) is 5.69 Å². The maximum absolute atomic E-state index is 13.2. The summed E-state index contributed by atoms with van der Waals surface area (Å²) in [6.45, 7) is 3.73. The summed E-state index contributed by atoms with van der Waals surface area (Å²) in [5.74, 6) is 1.07. The maximum Gasteiger partial charge on any atom is 0.276 e. The van der Waals surface area contributed by atoms with Crippen LogP contribution in [0.25, 0.3) is 22.0 Å². The smallest absolute Gasteiger partial charge is 0.276 e. The Morgan fingerprint density at radius 2 is 1.63 bits per heavy atom. The number of nitrogens with zero attached hydrogens (tertiary/aromatic N) is 4. The van der Waals surface area contributed by atoms with Gasteiger partial charge in [0.05, 0.1) is 33.5 Å². The van der Waals surface area contributed by atoms with Crippen LogP contribution in [0.2, 0.25) is 0 Å². The number of fused-ring (bicyclic) bond motifs is 1. The molecule has 2 aromatic carbocycles. The van der Waals surface area contributed by atoms with Gasteiger partial charge in [-0.3, -0.25) is 39.3 Å². The molecule has 4 amide bonds. The number of aromatic nitrogens is 3. The molecule has 0 radical (unpaired) electrons. The number of carbonyl (C=O) groups is 4. The molecule has 302 valence electrons. The number of hydrogen-bond acceptors (Lipinski definition) is 11. The molecule has 16 heteroatoms. The lowest BCUT2D eigenvalue weighted by Gasteiger charge is -2.36. The van der Waals surface area contributed by atoms with Gasteiger partial charge >= 0.3 is 0 Å². The van der Waals surface area contributed by atoms with Gasteiger partial charge in [-0.1, -0.05) is 12.1 Å². The molecule has 4 aromatic rings. The minimum Gasteiger partial charge on any atom is -0.496 e. The van der Waals surface area contributed by atoms with Crippen molar-refractivity contribution in [3.8, 4) is 22.6 Å². The number of imide groups is 1. The van der Waals surface area contributed by atoms with Crippen molar-refractivity contribution in [3.05, 3.63) is 70.3 Å². The molecule has 5 heterocycles. The average molecular weight is 782 g/mol. The van der Waals surface area contributed by atoms with E-state index < -0.39 is 6.04 Å². The largest absolute Gasteiger partial charge is 0.496 e. The van der Waals surface area contributed by atoms with Gasteiger partial charge in [0.1, 0.15) is 23.1 Å². The Labute approximate surface area is 330 Å².